The second-order valence-electron chi connectivity index (χ2n) is 7.45. The van der Waals surface area contributed by atoms with Crippen molar-refractivity contribution >= 4 is 29.3 Å². The lowest BCUT2D eigenvalue weighted by Gasteiger charge is -2.15. The van der Waals surface area contributed by atoms with Gasteiger partial charge in [0.2, 0.25) is 5.75 Å². The van der Waals surface area contributed by atoms with E-state index in [2.05, 4.69) is 5.43 Å². The molecule has 35 heavy (non-hydrogen) atoms. The molecule has 10 nitrogen and oxygen atoms in total. The quantitative estimate of drug-likeness (QED) is 0.228. The van der Waals surface area contributed by atoms with Gasteiger partial charge in [-0.1, -0.05) is 30.3 Å². The van der Waals surface area contributed by atoms with Gasteiger partial charge in [-0.15, -0.1) is 0 Å². The maximum atomic E-state index is 12.9. The van der Waals surface area contributed by atoms with Crippen LogP contribution in [0.1, 0.15) is 11.1 Å². The molecule has 0 unspecified atom stereocenters. The van der Waals surface area contributed by atoms with E-state index in [0.29, 0.717) is 28.3 Å². The lowest BCUT2D eigenvalue weighted by Crippen LogP contribution is -2.35. The zero-order valence-electron chi connectivity index (χ0n) is 18.9. The molecule has 178 valence electrons. The SMILES string of the molecule is COc1cc(/C=C2/C(=O)NN(c3ccccc3)C2=O)cc(OC)c1OCc1cccc([N+](=O)[O-])c1. The number of carbonyl (C=O) groups excluding carboxylic acids is 2. The smallest absolute Gasteiger partial charge is 0.282 e. The van der Waals surface area contributed by atoms with Gasteiger partial charge in [0.15, 0.2) is 11.5 Å². The minimum Gasteiger partial charge on any atom is -0.493 e. The van der Waals surface area contributed by atoms with Crippen LogP contribution in [-0.4, -0.2) is 31.0 Å². The summed E-state index contributed by atoms with van der Waals surface area (Å²) in [5.74, 6) is -0.163. The number of nitro benzene ring substituents is 1. The van der Waals surface area contributed by atoms with Crippen molar-refractivity contribution in [2.24, 2.45) is 0 Å². The number of carbonyl (C=O) groups is 2. The summed E-state index contributed by atoms with van der Waals surface area (Å²) in [7, 11) is 2.88. The van der Waals surface area contributed by atoms with Crippen LogP contribution >= 0.6 is 0 Å². The van der Waals surface area contributed by atoms with Crippen molar-refractivity contribution in [2.75, 3.05) is 19.2 Å². The zero-order valence-corrected chi connectivity index (χ0v) is 18.9. The average molecular weight is 475 g/mol. The third-order valence-electron chi connectivity index (χ3n) is 5.20. The Bertz CT molecular complexity index is 1300. The number of nitrogens with one attached hydrogen (secondary N) is 1. The Morgan fingerprint density at radius 3 is 2.29 bits per heavy atom. The summed E-state index contributed by atoms with van der Waals surface area (Å²) < 4.78 is 16.8. The molecule has 3 aromatic rings. The molecule has 10 heteroatoms. The molecule has 1 saturated heterocycles. The van der Waals surface area contributed by atoms with Gasteiger partial charge in [0.25, 0.3) is 17.5 Å². The number of benzene rings is 3. The molecule has 0 spiro atoms. The van der Waals surface area contributed by atoms with Gasteiger partial charge in [-0.2, -0.15) is 0 Å². The number of nitrogens with zero attached hydrogens (tertiary/aromatic N) is 2. The van der Waals surface area contributed by atoms with E-state index in [1.54, 1.807) is 48.5 Å². The van der Waals surface area contributed by atoms with Crippen LogP contribution in [0.25, 0.3) is 6.08 Å². The molecular formula is C25H21N3O7. The normalized spacial score (nSPS) is 14.1. The Morgan fingerprint density at radius 2 is 1.66 bits per heavy atom. The molecule has 0 aliphatic carbocycles. The molecule has 3 aromatic carbocycles. The maximum Gasteiger partial charge on any atom is 0.282 e. The van der Waals surface area contributed by atoms with Crippen molar-refractivity contribution in [3.63, 3.8) is 0 Å². The lowest BCUT2D eigenvalue weighted by atomic mass is 10.1. The lowest BCUT2D eigenvalue weighted by molar-refractivity contribution is -0.384. The molecule has 1 aliphatic heterocycles. The van der Waals surface area contributed by atoms with Crippen LogP contribution in [0.15, 0.2) is 72.3 Å². The first-order valence-corrected chi connectivity index (χ1v) is 10.5. The van der Waals surface area contributed by atoms with Gasteiger partial charge in [-0.3, -0.25) is 25.1 Å². The first-order valence-electron chi connectivity index (χ1n) is 10.5. The summed E-state index contributed by atoms with van der Waals surface area (Å²) in [5.41, 5.74) is 4.06. The first-order chi connectivity index (χ1) is 16.9. The van der Waals surface area contributed by atoms with Crippen LogP contribution in [0.4, 0.5) is 11.4 Å². The molecule has 0 aromatic heterocycles. The molecule has 0 atom stereocenters. The highest BCUT2D eigenvalue weighted by Gasteiger charge is 2.34. The van der Waals surface area contributed by atoms with E-state index in [1.165, 1.54) is 37.4 Å². The van der Waals surface area contributed by atoms with Crippen molar-refractivity contribution in [1.82, 2.24) is 5.43 Å². The number of non-ortho nitro benzene ring substituents is 1. The van der Waals surface area contributed by atoms with E-state index >= 15 is 0 Å². The molecule has 4 rings (SSSR count). The third kappa shape index (κ3) is 4.91. The summed E-state index contributed by atoms with van der Waals surface area (Å²) in [6.07, 6.45) is 1.44. The predicted octanol–water partition coefficient (Wildman–Crippen LogP) is 3.65. The zero-order chi connectivity index (χ0) is 24.9. The monoisotopic (exact) mass is 475 g/mol. The fourth-order valence-corrected chi connectivity index (χ4v) is 3.52. The Morgan fingerprint density at radius 1 is 0.971 bits per heavy atom. The highest BCUT2D eigenvalue weighted by molar-refractivity contribution is 6.31. The third-order valence-corrected chi connectivity index (χ3v) is 5.20. The van der Waals surface area contributed by atoms with Gasteiger partial charge < -0.3 is 14.2 Å². The maximum absolute atomic E-state index is 12.9. The van der Waals surface area contributed by atoms with Crippen molar-refractivity contribution in [3.05, 3.63) is 93.5 Å². The Kier molecular flexibility index (Phi) is 6.63. The number of hydrazine groups is 1. The Hall–Kier alpha value is -4.86. The molecule has 1 heterocycles. The summed E-state index contributed by atoms with van der Waals surface area (Å²) in [5, 5.41) is 12.2. The van der Waals surface area contributed by atoms with Crippen molar-refractivity contribution in [3.8, 4) is 17.2 Å². The molecular weight excluding hydrogens is 454 g/mol. The van der Waals surface area contributed by atoms with Gasteiger partial charge in [-0.05, 0) is 41.5 Å². The Labute approximate surface area is 200 Å². The number of rotatable bonds is 8. The number of ether oxygens (including phenoxy) is 3. The molecule has 0 radical (unpaired) electrons. The number of para-hydroxylation sites is 1. The summed E-state index contributed by atoms with van der Waals surface area (Å²) >= 11 is 0. The Balaban J connectivity index is 1.61. The number of methoxy groups -OCH3 is 2. The standard InChI is InChI=1S/C25H21N3O7/c1-33-21-13-17(12-20-24(29)26-27(25(20)30)18-8-4-3-5-9-18)14-22(34-2)23(21)35-15-16-7-6-10-19(11-16)28(31)32/h3-14H,15H2,1-2H3,(H,26,29)/b20-12-. The van der Waals surface area contributed by atoms with Crippen molar-refractivity contribution in [1.29, 1.82) is 0 Å². The highest BCUT2D eigenvalue weighted by atomic mass is 16.6. The fourth-order valence-electron chi connectivity index (χ4n) is 3.52. The molecule has 1 N–H and O–H groups in total. The van der Waals surface area contributed by atoms with Crippen molar-refractivity contribution in [2.45, 2.75) is 6.61 Å². The molecule has 0 bridgehead atoms. The van der Waals surface area contributed by atoms with E-state index in [1.807, 2.05) is 6.07 Å². The van der Waals surface area contributed by atoms with Gasteiger partial charge in [0.1, 0.15) is 12.2 Å². The predicted molar refractivity (Wildman–Crippen MR) is 127 cm³/mol. The number of anilines is 1. The number of nitro groups is 1. The average Bonchev–Trinajstić information content (AvgIpc) is 3.16. The first kappa shape index (κ1) is 23.3. The van der Waals surface area contributed by atoms with Gasteiger partial charge in [0.05, 0.1) is 24.8 Å². The van der Waals surface area contributed by atoms with Crippen LogP contribution in [0, 0.1) is 10.1 Å². The van der Waals surface area contributed by atoms with E-state index in [4.69, 9.17) is 14.2 Å². The minimum atomic E-state index is -0.539. The van der Waals surface area contributed by atoms with Crippen LogP contribution in [0.3, 0.4) is 0 Å². The summed E-state index contributed by atoms with van der Waals surface area (Å²) in [6, 6.07) is 18.0. The number of hydrogen-bond acceptors (Lipinski definition) is 7. The van der Waals surface area contributed by atoms with Crippen LogP contribution < -0.4 is 24.6 Å². The second kappa shape index (κ2) is 9.96. The van der Waals surface area contributed by atoms with Crippen LogP contribution in [0.2, 0.25) is 0 Å². The molecule has 2 amide bonds. The van der Waals surface area contributed by atoms with E-state index in [0.717, 1.165) is 0 Å². The number of amides is 2. The van der Waals surface area contributed by atoms with Crippen LogP contribution in [0.5, 0.6) is 17.2 Å². The van der Waals surface area contributed by atoms with E-state index in [-0.39, 0.29) is 23.6 Å². The summed E-state index contributed by atoms with van der Waals surface area (Å²) in [6.45, 7) is 0.0295. The minimum absolute atomic E-state index is 0.0295. The summed E-state index contributed by atoms with van der Waals surface area (Å²) in [4.78, 5) is 35.9. The van der Waals surface area contributed by atoms with E-state index in [9.17, 15) is 19.7 Å². The number of hydrogen-bond donors (Lipinski definition) is 1. The second-order valence-corrected chi connectivity index (χ2v) is 7.45. The molecule has 1 aliphatic rings. The van der Waals surface area contributed by atoms with Gasteiger partial charge in [-0.25, -0.2) is 5.01 Å². The largest absolute Gasteiger partial charge is 0.493 e. The van der Waals surface area contributed by atoms with Crippen LogP contribution in [-0.2, 0) is 16.2 Å². The van der Waals surface area contributed by atoms with Gasteiger partial charge >= 0.3 is 0 Å². The highest BCUT2D eigenvalue weighted by Crippen LogP contribution is 2.40. The van der Waals surface area contributed by atoms with Crippen molar-refractivity contribution < 1.29 is 28.7 Å². The molecule has 0 saturated carbocycles. The fraction of sp³-hybridized carbons (Fsp3) is 0.120. The van der Waals surface area contributed by atoms with E-state index < -0.39 is 16.7 Å². The van der Waals surface area contributed by atoms with Gasteiger partial charge in [0, 0.05) is 12.1 Å². The molecule has 1 fully saturated rings. The topological polar surface area (TPSA) is 120 Å².